The van der Waals surface area contributed by atoms with E-state index in [1.165, 1.54) is 65.4 Å². The maximum Gasteiger partial charge on any atom is 0.343 e. The molecule has 1 saturated heterocycles. The lowest BCUT2D eigenvalue weighted by Crippen LogP contribution is -2.46. The van der Waals surface area contributed by atoms with Crippen molar-refractivity contribution in [3.05, 3.63) is 104 Å². The highest BCUT2D eigenvalue weighted by Crippen LogP contribution is 2.50. The van der Waals surface area contributed by atoms with Gasteiger partial charge in [-0.25, -0.2) is 4.79 Å². The van der Waals surface area contributed by atoms with E-state index in [0.29, 0.717) is 31.5 Å². The van der Waals surface area contributed by atoms with E-state index in [1.54, 1.807) is 57.7 Å². The van der Waals surface area contributed by atoms with Gasteiger partial charge >= 0.3 is 17.7 Å². The number of methoxy groups -OCH3 is 1. The van der Waals surface area contributed by atoms with Gasteiger partial charge in [0, 0.05) is 73.9 Å². The number of fused-ring (bicyclic) bond motifs is 14. The van der Waals surface area contributed by atoms with E-state index in [1.807, 2.05) is 0 Å². The number of likely N-dealkylation sites (tertiary alicyclic amines) is 1. The lowest BCUT2D eigenvalue weighted by atomic mass is 9.78. The topological polar surface area (TPSA) is 204 Å². The number of Topliss-reactive ketones (excluding diaryl/α,β-unsaturated/α-hetero) is 3. The number of esters is 2. The van der Waals surface area contributed by atoms with Gasteiger partial charge in [0.15, 0.2) is 0 Å². The van der Waals surface area contributed by atoms with Crippen LogP contribution >= 0.6 is 11.6 Å². The minimum absolute atomic E-state index is 0.0174. The number of aliphatic hydroxyl groups excluding tert-OH is 2. The molecular formula is C49H57ClN2O13. The monoisotopic (exact) mass is 916 g/mol. The van der Waals surface area contributed by atoms with E-state index in [-0.39, 0.29) is 55.7 Å². The molecule has 7 rings (SSSR count). The first-order valence-corrected chi connectivity index (χ1v) is 22.1. The molecule has 4 aliphatic heterocycles. The number of rotatable bonds is 5. The molecule has 9 atom stereocenters. The summed E-state index contributed by atoms with van der Waals surface area (Å²) in [5, 5.41) is 26.0. The Morgan fingerprint density at radius 3 is 2.22 bits per heavy atom. The average molecular weight is 917 g/mol. The van der Waals surface area contributed by atoms with Crippen molar-refractivity contribution in [2.45, 2.75) is 105 Å². The molecule has 65 heavy (non-hydrogen) atoms. The highest BCUT2D eigenvalue weighted by atomic mass is 35.5. The maximum atomic E-state index is 15.2. The molecule has 348 valence electrons. The molecule has 0 radical (unpaired) electrons. The smallest absolute Gasteiger partial charge is 0.343 e. The van der Waals surface area contributed by atoms with E-state index in [0.717, 1.165) is 0 Å². The fourth-order valence-corrected chi connectivity index (χ4v) is 9.08. The molecule has 2 aromatic carbocycles. The summed E-state index contributed by atoms with van der Waals surface area (Å²) < 4.78 is 29.9. The van der Waals surface area contributed by atoms with Crippen LogP contribution in [0.15, 0.2) is 65.7 Å². The van der Waals surface area contributed by atoms with Crippen molar-refractivity contribution < 1.29 is 62.7 Å². The third kappa shape index (κ3) is 9.42. The molecule has 2 aromatic rings. The molecule has 1 fully saturated rings. The molecule has 15 nitrogen and oxygen atoms in total. The number of nitrogens with one attached hydrogen (secondary N) is 1. The molecule has 5 bridgehead atoms. The molecule has 4 heterocycles. The number of ether oxygens (including phenoxy) is 5. The number of aryl methyl sites for hydroxylation is 1. The Labute approximate surface area is 383 Å². The van der Waals surface area contributed by atoms with Gasteiger partial charge in [-0.3, -0.25) is 24.0 Å². The van der Waals surface area contributed by atoms with Crippen molar-refractivity contribution in [1.29, 1.82) is 0 Å². The summed E-state index contributed by atoms with van der Waals surface area (Å²) >= 11 is 6.37. The van der Waals surface area contributed by atoms with Crippen LogP contribution < -0.4 is 14.8 Å². The summed E-state index contributed by atoms with van der Waals surface area (Å²) in [4.78, 5) is 87.1. The summed E-state index contributed by atoms with van der Waals surface area (Å²) in [6.07, 6.45) is 4.69. The number of halogens is 1. The number of ketones is 3. The predicted octanol–water partition coefficient (Wildman–Crippen LogP) is 6.53. The number of aliphatic hydroxyl groups is 2. The van der Waals surface area contributed by atoms with Crippen molar-refractivity contribution in [2.24, 2.45) is 23.7 Å². The van der Waals surface area contributed by atoms with Crippen LogP contribution in [0.3, 0.4) is 0 Å². The molecule has 3 N–H and O–H groups in total. The molecule has 1 amide bonds. The zero-order chi connectivity index (χ0) is 47.8. The summed E-state index contributed by atoms with van der Waals surface area (Å²) in [7, 11) is 1.42. The number of hydrogen-bond acceptors (Lipinski definition) is 14. The Morgan fingerprint density at radius 1 is 0.908 bits per heavy atom. The Balaban J connectivity index is 1.55. The molecule has 0 unspecified atom stereocenters. The largest absolute Gasteiger partial charge is 0.462 e. The lowest BCUT2D eigenvalue weighted by Gasteiger charge is -2.38. The van der Waals surface area contributed by atoms with Crippen molar-refractivity contribution >= 4 is 46.8 Å². The number of allylic oxidation sites excluding steroid dienone is 4. The van der Waals surface area contributed by atoms with Crippen LogP contribution in [0.4, 0.5) is 0 Å². The third-order valence-electron chi connectivity index (χ3n) is 12.9. The van der Waals surface area contributed by atoms with Crippen LogP contribution in [0.25, 0.3) is 0 Å². The van der Waals surface area contributed by atoms with Crippen LogP contribution in [-0.4, -0.2) is 101 Å². The van der Waals surface area contributed by atoms with Gasteiger partial charge in [0.05, 0.1) is 46.8 Å². The Kier molecular flexibility index (Phi) is 14.6. The van der Waals surface area contributed by atoms with Crippen LogP contribution in [0.5, 0.6) is 11.5 Å². The van der Waals surface area contributed by atoms with E-state index in [4.69, 9.17) is 35.3 Å². The fraction of sp³-hybridized carbons (Fsp3) is 0.469. The van der Waals surface area contributed by atoms with Gasteiger partial charge in [0.25, 0.3) is 11.7 Å². The molecule has 0 spiro atoms. The number of carbonyl (C=O) groups is 6. The van der Waals surface area contributed by atoms with Crippen molar-refractivity contribution in [3.63, 3.8) is 0 Å². The maximum absolute atomic E-state index is 15.2. The second-order valence-electron chi connectivity index (χ2n) is 17.5. The van der Waals surface area contributed by atoms with Gasteiger partial charge in [-0.2, -0.15) is 0 Å². The number of hydrogen-bond donors (Lipinski definition) is 3. The van der Waals surface area contributed by atoms with Gasteiger partial charge < -0.3 is 44.1 Å². The Morgan fingerprint density at radius 2 is 1.58 bits per heavy atom. The van der Waals surface area contributed by atoms with Gasteiger partial charge in [-0.1, -0.05) is 63.6 Å². The first-order valence-electron chi connectivity index (χ1n) is 21.7. The number of benzene rings is 2. The van der Waals surface area contributed by atoms with Crippen molar-refractivity contribution in [1.82, 2.24) is 10.2 Å². The summed E-state index contributed by atoms with van der Waals surface area (Å²) in [6.45, 7) is 14.9. The first-order chi connectivity index (χ1) is 30.6. The van der Waals surface area contributed by atoms with Crippen LogP contribution in [0.2, 0.25) is 5.02 Å². The molecule has 5 aliphatic rings. The zero-order valence-corrected chi connectivity index (χ0v) is 39.0. The van der Waals surface area contributed by atoms with E-state index in [2.05, 4.69) is 5.32 Å². The standard InChI is InChI=1S/C49H57ClN2O13/c1-23-16-17-31(22-32(23)50)48(60)64-44-29(7)45-36-34-35(44)41(56)37(38(42(34)57)52-19-11-12-20-52)51-47(59)25(3)15-13-14-24(2)39(54)27(5)40(55)28(6)43(63-30(8)53)26(4)33(61-10)18-21-62-49(9,65-45)46(36)58/h13-18,21-22,24,26-28,33,39-40,43,54-55H,11-12,19-20H2,1-10H3,(H,51,59)/b14-13+,21-18+,25-15-/t24-,26+,27+,28-,33-,39-,40-,43+,49-/m0/s1. The quantitative estimate of drug-likeness (QED) is 0.216. The number of carbonyl (C=O) groups excluding carboxylic acids is 6. The number of amides is 1. The second-order valence-corrected chi connectivity index (χ2v) is 17.9. The molecular weight excluding hydrogens is 860 g/mol. The highest BCUT2D eigenvalue weighted by Gasteiger charge is 2.54. The highest BCUT2D eigenvalue weighted by molar-refractivity contribution is 6.33. The van der Waals surface area contributed by atoms with Gasteiger partial charge in [0.2, 0.25) is 11.6 Å². The van der Waals surface area contributed by atoms with Crippen LogP contribution in [-0.2, 0) is 23.8 Å². The zero-order valence-electron chi connectivity index (χ0n) is 38.3. The molecule has 0 saturated carbocycles. The number of nitrogens with zero attached hydrogens (tertiary/aromatic N) is 1. The van der Waals surface area contributed by atoms with Crippen LogP contribution in [0.1, 0.15) is 114 Å². The lowest BCUT2D eigenvalue weighted by molar-refractivity contribution is -0.160. The van der Waals surface area contributed by atoms with E-state index >= 15 is 9.59 Å². The van der Waals surface area contributed by atoms with Crippen LogP contribution in [0, 0.1) is 37.5 Å². The van der Waals surface area contributed by atoms with Crippen molar-refractivity contribution in [3.8, 4) is 11.5 Å². The molecule has 16 heteroatoms. The summed E-state index contributed by atoms with van der Waals surface area (Å²) in [5.41, 5.74) is -0.720. The summed E-state index contributed by atoms with van der Waals surface area (Å²) in [6, 6.07) is 4.51. The normalized spacial score (nSPS) is 30.5. The Hall–Kier alpha value is -5.61. The Bertz CT molecular complexity index is 2430. The first kappa shape index (κ1) is 48.8. The molecule has 1 aliphatic carbocycles. The summed E-state index contributed by atoms with van der Waals surface area (Å²) in [5.74, 6) is -10.1. The van der Waals surface area contributed by atoms with Crippen molar-refractivity contribution in [2.75, 3.05) is 20.2 Å². The van der Waals surface area contributed by atoms with Gasteiger partial charge in [-0.15, -0.1) is 0 Å². The third-order valence-corrected chi connectivity index (χ3v) is 13.3. The van der Waals surface area contributed by atoms with E-state index < -0.39 is 94.6 Å². The SMILES string of the molecule is CO[C@H]1/C=C/O[C@@]2(C)Oc3c(C)c(OC(=O)c4ccc(C)c(Cl)c4)c4c(c3C2=O)C(=O)C(N2CCCC2)=C(NC(=O)/C(C)=C\C=C\[C@H](C)[C@H](O)[C@@H](C)[C@H](O)[C@H](C)[C@H](OC(C)=O)[C@@H]1C)C4=O. The van der Waals surface area contributed by atoms with Gasteiger partial charge in [-0.05, 0) is 57.4 Å². The minimum atomic E-state index is -2.15. The second kappa shape index (κ2) is 19.5. The van der Waals surface area contributed by atoms with Gasteiger partial charge in [0.1, 0.15) is 29.0 Å². The molecule has 0 aromatic heterocycles. The fourth-order valence-electron chi connectivity index (χ4n) is 8.90. The minimum Gasteiger partial charge on any atom is -0.462 e. The predicted molar refractivity (Wildman–Crippen MR) is 238 cm³/mol. The average Bonchev–Trinajstić information content (AvgIpc) is 3.89. The van der Waals surface area contributed by atoms with E-state index in [9.17, 15) is 29.4 Å².